The first-order chi connectivity index (χ1) is 24.5. The van der Waals surface area contributed by atoms with Crippen LogP contribution < -0.4 is 14.5 Å². The third-order valence-electron chi connectivity index (χ3n) is 11.4. The van der Waals surface area contributed by atoms with Crippen LogP contribution in [0, 0.1) is 12.7 Å². The molecule has 0 radical (unpaired) electrons. The quantitative estimate of drug-likeness (QED) is 0.280. The largest absolute Gasteiger partial charge is 0.508 e. The highest BCUT2D eigenvalue weighted by atomic mass is 19.1. The number of carbonyl (C=O) groups is 1. The van der Waals surface area contributed by atoms with Gasteiger partial charge in [0.25, 0.3) is 5.91 Å². The molecule has 0 bridgehead atoms. The molecule has 0 saturated carbocycles. The third-order valence-corrected chi connectivity index (χ3v) is 11.4. The van der Waals surface area contributed by atoms with E-state index in [1.54, 1.807) is 37.2 Å². The van der Waals surface area contributed by atoms with Gasteiger partial charge in [0.1, 0.15) is 30.2 Å². The van der Waals surface area contributed by atoms with Gasteiger partial charge in [-0.2, -0.15) is 15.1 Å². The molecule has 8 rings (SSSR count). The number of rotatable bonds is 7. The van der Waals surface area contributed by atoms with Crippen LogP contribution in [0.4, 0.5) is 20.3 Å². The summed E-state index contributed by atoms with van der Waals surface area (Å²) in [5.41, 5.74) is 5.16. The number of hydrogen-bond donors (Lipinski definition) is 1. The molecule has 270 valence electrons. The number of nitrogens with zero attached hydrogens (tertiary/aromatic N) is 8. The zero-order valence-electron chi connectivity index (χ0n) is 29.9. The fourth-order valence-electron chi connectivity index (χ4n) is 8.88. The normalized spacial score (nSPS) is 21.8. The lowest BCUT2D eigenvalue weighted by Gasteiger charge is -2.35. The van der Waals surface area contributed by atoms with Gasteiger partial charge in [-0.05, 0) is 68.7 Å². The minimum absolute atomic E-state index is 0.121. The summed E-state index contributed by atoms with van der Waals surface area (Å²) >= 11 is 0. The van der Waals surface area contributed by atoms with E-state index in [-0.39, 0.29) is 29.0 Å². The first-order valence-corrected chi connectivity index (χ1v) is 18.2. The zero-order chi connectivity index (χ0) is 35.6. The lowest BCUT2D eigenvalue weighted by molar-refractivity contribution is 0.0820. The number of amides is 1. The average molecular weight is 701 g/mol. The van der Waals surface area contributed by atoms with Crippen molar-refractivity contribution in [2.24, 2.45) is 0 Å². The molecular formula is C38H46F2N8O3. The Kier molecular flexibility index (Phi) is 8.51. The molecule has 4 aromatic rings. The molecule has 0 unspecified atom stereocenters. The number of anilines is 2. The first-order valence-electron chi connectivity index (χ1n) is 18.2. The lowest BCUT2D eigenvalue weighted by Crippen LogP contribution is -2.43. The zero-order valence-corrected chi connectivity index (χ0v) is 29.9. The smallest absolute Gasteiger partial charge is 0.318 e. The second kappa shape index (κ2) is 12.9. The van der Waals surface area contributed by atoms with Crippen molar-refractivity contribution < 1.29 is 23.4 Å². The number of halogens is 2. The highest BCUT2D eigenvalue weighted by molar-refractivity contribution is 5.98. The number of phenols is 1. The van der Waals surface area contributed by atoms with Crippen LogP contribution in [-0.2, 0) is 32.5 Å². The summed E-state index contributed by atoms with van der Waals surface area (Å²) in [5, 5.41) is 17.1. The predicted octanol–water partition coefficient (Wildman–Crippen LogP) is 5.17. The van der Waals surface area contributed by atoms with Crippen LogP contribution in [0.5, 0.6) is 11.8 Å². The van der Waals surface area contributed by atoms with Crippen LogP contribution in [0.25, 0.3) is 10.8 Å². The number of aryl methyl sites for hydroxylation is 2. The number of hydrogen-bond acceptors (Lipinski definition) is 9. The van der Waals surface area contributed by atoms with Crippen LogP contribution >= 0.6 is 0 Å². The number of alkyl halides is 1. The highest BCUT2D eigenvalue weighted by Gasteiger charge is 2.49. The molecule has 4 aliphatic rings. The van der Waals surface area contributed by atoms with Gasteiger partial charge in [0.05, 0.1) is 30.0 Å². The van der Waals surface area contributed by atoms with E-state index < -0.39 is 6.17 Å². The molecule has 6 heterocycles. The first kappa shape index (κ1) is 33.6. The van der Waals surface area contributed by atoms with Crippen molar-refractivity contribution >= 4 is 28.2 Å². The Labute approximate surface area is 296 Å². The van der Waals surface area contributed by atoms with E-state index in [0.717, 1.165) is 77.1 Å². The molecule has 1 amide bonds. The highest BCUT2D eigenvalue weighted by Crippen LogP contribution is 2.42. The molecule has 1 N–H and O–H groups in total. The van der Waals surface area contributed by atoms with Crippen LogP contribution in [0.1, 0.15) is 71.2 Å². The summed E-state index contributed by atoms with van der Waals surface area (Å²) in [6, 6.07) is 6.85. The fourth-order valence-corrected chi connectivity index (χ4v) is 8.88. The molecule has 2 saturated heterocycles. The molecule has 2 aromatic carbocycles. The number of ether oxygens (including phenoxy) is 1. The molecule has 13 heteroatoms. The summed E-state index contributed by atoms with van der Waals surface area (Å²) in [4.78, 5) is 31.3. The van der Waals surface area contributed by atoms with Crippen molar-refractivity contribution in [2.45, 2.75) is 83.7 Å². The molecule has 4 aliphatic heterocycles. The summed E-state index contributed by atoms with van der Waals surface area (Å²) in [7, 11) is 3.47. The Morgan fingerprint density at radius 3 is 2.75 bits per heavy atom. The molecule has 0 aliphatic carbocycles. The topological polar surface area (TPSA) is 103 Å². The van der Waals surface area contributed by atoms with E-state index in [1.165, 1.54) is 6.07 Å². The maximum Gasteiger partial charge on any atom is 0.318 e. The molecular weight excluding hydrogens is 654 g/mol. The van der Waals surface area contributed by atoms with Gasteiger partial charge in [-0.3, -0.25) is 14.4 Å². The molecule has 51 heavy (non-hydrogen) atoms. The SMILES string of the molecule is CCc1c(F)ccc2cc(O)cc(N3CCc4c(nc(OC[C@@]56CCCN5C[C@H](F)C6)nc4N4CCCn5nc(C(=O)N(C)C)c(C)c5C4)C3)c12. The maximum absolute atomic E-state index is 15.1. The third kappa shape index (κ3) is 5.83. The van der Waals surface area contributed by atoms with Gasteiger partial charge in [-0.1, -0.05) is 13.0 Å². The van der Waals surface area contributed by atoms with E-state index in [2.05, 4.69) is 14.7 Å². The number of fused-ring (bicyclic) bond motifs is 4. The Hall–Kier alpha value is -4.52. The Bertz CT molecular complexity index is 2020. The monoisotopic (exact) mass is 700 g/mol. The molecule has 2 atom stereocenters. The second-order valence-corrected chi connectivity index (χ2v) is 14.9. The van der Waals surface area contributed by atoms with E-state index in [9.17, 15) is 14.3 Å². The molecule has 11 nitrogen and oxygen atoms in total. The second-order valence-electron chi connectivity index (χ2n) is 14.9. The Balaban J connectivity index is 1.18. The van der Waals surface area contributed by atoms with E-state index in [0.29, 0.717) is 69.9 Å². The Morgan fingerprint density at radius 1 is 1.10 bits per heavy atom. The lowest BCUT2D eigenvalue weighted by atomic mass is 9.95. The number of aromatic nitrogens is 4. The van der Waals surface area contributed by atoms with Crippen molar-refractivity contribution in [3.05, 3.63) is 63.9 Å². The van der Waals surface area contributed by atoms with Gasteiger partial charge < -0.3 is 24.5 Å². The molecule has 0 spiro atoms. The van der Waals surface area contributed by atoms with E-state index in [4.69, 9.17) is 19.8 Å². The number of phenolic OH excluding ortho intramolecular Hbond substituents is 1. The van der Waals surface area contributed by atoms with Crippen molar-refractivity contribution in [3.63, 3.8) is 0 Å². The van der Waals surface area contributed by atoms with Crippen LogP contribution in [0.2, 0.25) is 0 Å². The van der Waals surface area contributed by atoms with Crippen molar-refractivity contribution in [1.82, 2.24) is 29.5 Å². The van der Waals surface area contributed by atoms with Gasteiger partial charge in [0.15, 0.2) is 5.69 Å². The molecule has 2 fully saturated rings. The van der Waals surface area contributed by atoms with E-state index >= 15 is 4.39 Å². The summed E-state index contributed by atoms with van der Waals surface area (Å²) in [6.45, 7) is 8.47. The van der Waals surface area contributed by atoms with Crippen LogP contribution in [-0.4, -0.2) is 99.2 Å². The standard InChI is InChI=1S/C38H46F2N8O3/c1-5-27-29(40)9-8-24-16-26(49)17-31(33(24)27)45-15-10-28-30(20-45)41-37(51-22-38-11-6-13-47(38)19-25(39)18-38)42-35(28)46-12-7-14-48-32(21-46)23(2)34(43-48)36(50)44(3)4/h8-9,16-17,25,49H,5-7,10-15,18-22H2,1-4H3/t25-,38+/m1/s1. The van der Waals surface area contributed by atoms with Crippen molar-refractivity contribution in [1.29, 1.82) is 0 Å². The fraction of sp³-hybridized carbons (Fsp3) is 0.526. The van der Waals surface area contributed by atoms with Crippen LogP contribution in [0.3, 0.4) is 0 Å². The number of carbonyl (C=O) groups excluding carboxylic acids is 1. The summed E-state index contributed by atoms with van der Waals surface area (Å²) < 4.78 is 38.2. The minimum Gasteiger partial charge on any atom is -0.508 e. The number of aromatic hydroxyl groups is 1. The van der Waals surface area contributed by atoms with Gasteiger partial charge >= 0.3 is 6.01 Å². The van der Waals surface area contributed by atoms with Gasteiger partial charge in [0, 0.05) is 75.0 Å². The average Bonchev–Trinajstić information content (AvgIpc) is 3.68. The summed E-state index contributed by atoms with van der Waals surface area (Å²) in [5.74, 6) is 0.531. The van der Waals surface area contributed by atoms with Crippen molar-refractivity contribution in [3.8, 4) is 11.8 Å². The maximum atomic E-state index is 15.1. The van der Waals surface area contributed by atoms with E-state index in [1.807, 2.05) is 18.5 Å². The molecule has 2 aromatic heterocycles. The van der Waals surface area contributed by atoms with Crippen LogP contribution in [0.15, 0.2) is 24.3 Å². The predicted molar refractivity (Wildman–Crippen MR) is 191 cm³/mol. The minimum atomic E-state index is -0.869. The van der Waals surface area contributed by atoms with Gasteiger partial charge in [-0.25, -0.2) is 8.78 Å². The van der Waals surface area contributed by atoms with Crippen molar-refractivity contribution in [2.75, 3.05) is 56.7 Å². The number of benzene rings is 2. The van der Waals surface area contributed by atoms with Gasteiger partial charge in [-0.15, -0.1) is 0 Å². The Morgan fingerprint density at radius 2 is 1.94 bits per heavy atom. The summed E-state index contributed by atoms with van der Waals surface area (Å²) in [6.07, 6.45) is 3.42. The van der Waals surface area contributed by atoms with Gasteiger partial charge in [0.2, 0.25) is 0 Å².